The molecule has 0 atom stereocenters. The van der Waals surface area contributed by atoms with E-state index >= 15 is 0 Å². The number of imidazole rings is 1. The van der Waals surface area contributed by atoms with Gasteiger partial charge in [-0.2, -0.15) is 5.10 Å². The summed E-state index contributed by atoms with van der Waals surface area (Å²) in [6.07, 6.45) is 3.21. The van der Waals surface area contributed by atoms with E-state index in [0.29, 0.717) is 34.5 Å². The first-order chi connectivity index (χ1) is 16.0. The minimum absolute atomic E-state index is 0.00305. The monoisotopic (exact) mass is 446 g/mol. The minimum Gasteiger partial charge on any atom is -0.333 e. The standard InChI is InChI=1S/C22H13F2N7O2/c23-17-3-1-2-16(21(17)24)22-26-19-10-25-30(12-20(19)27-22)11-14-6-9-18(29-28-14)13-4-7-15(8-5-13)31(32)33/h1-10,12H,11H2/p+1. The van der Waals surface area contributed by atoms with E-state index in [-0.39, 0.29) is 17.1 Å². The van der Waals surface area contributed by atoms with Crippen molar-refractivity contribution in [1.29, 1.82) is 0 Å². The highest BCUT2D eigenvalue weighted by atomic mass is 19.2. The van der Waals surface area contributed by atoms with Crippen LogP contribution in [0.4, 0.5) is 14.5 Å². The number of nitro benzene ring substituents is 1. The number of nitrogens with zero attached hydrogens (tertiary/aromatic N) is 6. The number of nitrogens with one attached hydrogen (secondary N) is 1. The Morgan fingerprint density at radius 3 is 2.58 bits per heavy atom. The van der Waals surface area contributed by atoms with Gasteiger partial charge >= 0.3 is 0 Å². The fourth-order valence-electron chi connectivity index (χ4n) is 3.33. The maximum Gasteiger partial charge on any atom is 0.269 e. The molecule has 3 aromatic heterocycles. The van der Waals surface area contributed by atoms with Crippen LogP contribution in [0.2, 0.25) is 0 Å². The highest BCUT2D eigenvalue weighted by Crippen LogP contribution is 2.24. The third kappa shape index (κ3) is 3.99. The maximum absolute atomic E-state index is 14.1. The predicted octanol–water partition coefficient (Wildman–Crippen LogP) is 3.60. The number of aromatic nitrogens is 6. The minimum atomic E-state index is -0.972. The van der Waals surface area contributed by atoms with E-state index < -0.39 is 16.6 Å². The van der Waals surface area contributed by atoms with Crippen molar-refractivity contribution in [3.05, 3.63) is 94.4 Å². The molecule has 0 aliphatic carbocycles. The van der Waals surface area contributed by atoms with Crippen LogP contribution >= 0.6 is 0 Å². The number of halogens is 2. The summed E-state index contributed by atoms with van der Waals surface area (Å²) in [5.41, 5.74) is 3.06. The molecule has 0 bridgehead atoms. The number of hydrogen-bond donors (Lipinski definition) is 1. The summed E-state index contributed by atoms with van der Waals surface area (Å²) in [5, 5.41) is 23.5. The quantitative estimate of drug-likeness (QED) is 0.251. The van der Waals surface area contributed by atoms with Crippen LogP contribution in [0.15, 0.2) is 67.0 Å². The number of H-pyrrole nitrogens is 1. The zero-order valence-electron chi connectivity index (χ0n) is 16.8. The summed E-state index contributed by atoms with van der Waals surface area (Å²) in [6, 6.07) is 13.5. The van der Waals surface area contributed by atoms with Gasteiger partial charge in [-0.25, -0.2) is 13.8 Å². The summed E-state index contributed by atoms with van der Waals surface area (Å²) >= 11 is 0. The summed E-state index contributed by atoms with van der Waals surface area (Å²) in [6.45, 7) is 0.312. The third-order valence-corrected chi connectivity index (χ3v) is 4.99. The van der Waals surface area contributed by atoms with E-state index in [0.717, 1.165) is 6.07 Å². The van der Waals surface area contributed by atoms with Gasteiger partial charge in [-0.1, -0.05) is 10.7 Å². The van der Waals surface area contributed by atoms with E-state index in [4.69, 9.17) is 0 Å². The Morgan fingerprint density at radius 2 is 1.85 bits per heavy atom. The highest BCUT2D eigenvalue weighted by molar-refractivity contribution is 5.77. The van der Waals surface area contributed by atoms with Crippen molar-refractivity contribution in [2.24, 2.45) is 0 Å². The summed E-state index contributed by atoms with van der Waals surface area (Å²) in [4.78, 5) is 17.6. The largest absolute Gasteiger partial charge is 0.333 e. The highest BCUT2D eigenvalue weighted by Gasteiger charge is 2.16. The van der Waals surface area contributed by atoms with Crippen molar-refractivity contribution in [3.63, 3.8) is 0 Å². The molecule has 0 aliphatic heterocycles. The van der Waals surface area contributed by atoms with Gasteiger partial charge in [-0.15, -0.1) is 5.10 Å². The van der Waals surface area contributed by atoms with Gasteiger partial charge in [0.1, 0.15) is 28.7 Å². The Kier molecular flexibility index (Phi) is 4.98. The molecule has 1 N–H and O–H groups in total. The molecule has 11 heteroatoms. The SMILES string of the molecule is O=[N+]([O-])c1ccc(-c2ccc(C[n+]3cc4[nH]c(-c5cccc(F)c5F)nc4cn3)nn2)cc1. The van der Waals surface area contributed by atoms with Crippen LogP contribution in [0.5, 0.6) is 0 Å². The van der Waals surface area contributed by atoms with Gasteiger partial charge in [0.2, 0.25) is 12.7 Å². The van der Waals surface area contributed by atoms with Gasteiger partial charge in [0.15, 0.2) is 11.6 Å². The van der Waals surface area contributed by atoms with Gasteiger partial charge in [-0.05, 0) is 41.5 Å². The molecule has 0 unspecified atom stereocenters. The number of benzene rings is 2. The van der Waals surface area contributed by atoms with Crippen LogP contribution in [-0.4, -0.2) is 30.2 Å². The van der Waals surface area contributed by atoms with Crippen LogP contribution in [0.25, 0.3) is 33.7 Å². The van der Waals surface area contributed by atoms with Crippen molar-refractivity contribution in [2.75, 3.05) is 0 Å². The number of non-ortho nitro benzene ring substituents is 1. The number of fused-ring (bicyclic) bond motifs is 1. The third-order valence-electron chi connectivity index (χ3n) is 4.99. The Morgan fingerprint density at radius 1 is 1.03 bits per heavy atom. The van der Waals surface area contributed by atoms with Crippen LogP contribution in [-0.2, 0) is 6.54 Å². The number of aromatic amines is 1. The molecule has 0 saturated carbocycles. The van der Waals surface area contributed by atoms with Gasteiger partial charge < -0.3 is 4.98 Å². The zero-order valence-corrected chi connectivity index (χ0v) is 16.8. The van der Waals surface area contributed by atoms with Crippen LogP contribution in [0.3, 0.4) is 0 Å². The van der Waals surface area contributed by atoms with Crippen LogP contribution in [0, 0.1) is 21.7 Å². The fourth-order valence-corrected chi connectivity index (χ4v) is 3.33. The lowest BCUT2D eigenvalue weighted by molar-refractivity contribution is -0.745. The predicted molar refractivity (Wildman–Crippen MR) is 113 cm³/mol. The maximum atomic E-state index is 14.1. The molecular weight excluding hydrogens is 432 g/mol. The molecule has 0 aliphatic rings. The smallest absolute Gasteiger partial charge is 0.269 e. The first-order valence-electron chi connectivity index (χ1n) is 9.75. The van der Waals surface area contributed by atoms with Crippen LogP contribution in [0.1, 0.15) is 5.69 Å². The molecule has 0 amide bonds. The van der Waals surface area contributed by atoms with Crippen LogP contribution < -0.4 is 4.68 Å². The molecule has 0 radical (unpaired) electrons. The summed E-state index contributed by atoms with van der Waals surface area (Å²) in [5.74, 6) is -1.72. The second-order valence-electron chi connectivity index (χ2n) is 7.17. The lowest BCUT2D eigenvalue weighted by atomic mass is 10.1. The second kappa shape index (κ2) is 8.11. The molecule has 33 heavy (non-hydrogen) atoms. The summed E-state index contributed by atoms with van der Waals surface area (Å²) < 4.78 is 29.2. The van der Waals surface area contributed by atoms with E-state index in [9.17, 15) is 18.9 Å². The molecule has 2 aromatic carbocycles. The molecular formula is C22H14F2N7O2+. The van der Waals surface area contributed by atoms with Gasteiger partial charge in [-0.3, -0.25) is 10.1 Å². The Balaban J connectivity index is 1.36. The topological polar surface area (TPSA) is 114 Å². The first-order valence-corrected chi connectivity index (χ1v) is 9.75. The molecule has 5 aromatic rings. The van der Waals surface area contributed by atoms with Gasteiger partial charge in [0.25, 0.3) is 5.69 Å². The average Bonchev–Trinajstić information content (AvgIpc) is 3.24. The van der Waals surface area contributed by atoms with Crippen molar-refractivity contribution in [1.82, 2.24) is 25.3 Å². The molecule has 0 spiro atoms. The normalized spacial score (nSPS) is 11.1. The molecule has 0 saturated heterocycles. The number of rotatable bonds is 5. The number of hydrogen-bond acceptors (Lipinski definition) is 6. The van der Waals surface area contributed by atoms with Gasteiger partial charge in [0, 0.05) is 17.7 Å². The summed E-state index contributed by atoms with van der Waals surface area (Å²) in [7, 11) is 0. The molecule has 9 nitrogen and oxygen atoms in total. The Bertz CT molecular complexity index is 1490. The molecule has 3 heterocycles. The Labute approximate surface area is 184 Å². The van der Waals surface area contributed by atoms with Crippen molar-refractivity contribution >= 4 is 16.7 Å². The van der Waals surface area contributed by atoms with E-state index in [1.165, 1.54) is 30.5 Å². The van der Waals surface area contributed by atoms with Crippen molar-refractivity contribution < 1.29 is 18.4 Å². The van der Waals surface area contributed by atoms with Gasteiger partial charge in [0.05, 0.1) is 16.2 Å². The van der Waals surface area contributed by atoms with Crippen molar-refractivity contribution in [2.45, 2.75) is 6.54 Å². The van der Waals surface area contributed by atoms with Crippen molar-refractivity contribution in [3.8, 4) is 22.6 Å². The van der Waals surface area contributed by atoms with E-state index in [2.05, 4.69) is 25.3 Å². The second-order valence-corrected chi connectivity index (χ2v) is 7.17. The average molecular weight is 446 g/mol. The lowest BCUT2D eigenvalue weighted by Crippen LogP contribution is -2.38. The van der Waals surface area contributed by atoms with E-state index in [1.807, 2.05) is 0 Å². The molecule has 0 fully saturated rings. The molecule has 162 valence electrons. The number of nitro groups is 1. The zero-order chi connectivity index (χ0) is 22.9. The fraction of sp³-hybridized carbons (Fsp3) is 0.0455. The lowest BCUT2D eigenvalue weighted by Gasteiger charge is -2.00. The molecule has 5 rings (SSSR count). The van der Waals surface area contributed by atoms with E-state index in [1.54, 1.807) is 35.1 Å². The Hall–Kier alpha value is -4.67. The first kappa shape index (κ1) is 20.2.